The van der Waals surface area contributed by atoms with Crippen LogP contribution in [0.3, 0.4) is 0 Å². The van der Waals surface area contributed by atoms with Gasteiger partial charge in [0.2, 0.25) is 5.91 Å². The number of carbonyl (C=O) groups excluding carboxylic acids is 1. The monoisotopic (exact) mass is 385 g/mol. The summed E-state index contributed by atoms with van der Waals surface area (Å²) in [6, 6.07) is 13.9. The van der Waals surface area contributed by atoms with Crippen LogP contribution in [0.15, 0.2) is 47.4 Å². The van der Waals surface area contributed by atoms with Crippen molar-refractivity contribution >= 4 is 23.4 Å². The number of nitrogens with one attached hydrogen (secondary N) is 1. The molecule has 2 atom stereocenters. The molecule has 1 N–H and O–H groups in total. The summed E-state index contributed by atoms with van der Waals surface area (Å²) >= 11 is 1.52. The summed E-state index contributed by atoms with van der Waals surface area (Å²) in [5.41, 5.74) is 2.09. The number of para-hydroxylation sites is 1. The number of carbonyl (C=O) groups is 1. The Labute approximate surface area is 165 Å². The molecule has 2 unspecified atom stereocenters. The van der Waals surface area contributed by atoms with E-state index in [0.29, 0.717) is 19.1 Å². The third-order valence-corrected chi connectivity index (χ3v) is 5.86. The molecule has 2 aromatic carbocycles. The maximum atomic E-state index is 12.7. The van der Waals surface area contributed by atoms with Gasteiger partial charge in [-0.1, -0.05) is 32.0 Å². The Balaban J connectivity index is 1.67. The van der Waals surface area contributed by atoms with Crippen LogP contribution in [0.1, 0.15) is 45.1 Å². The van der Waals surface area contributed by atoms with Crippen molar-refractivity contribution in [3.63, 3.8) is 0 Å². The molecule has 0 fully saturated rings. The van der Waals surface area contributed by atoms with E-state index in [0.717, 1.165) is 34.9 Å². The third-order valence-electron chi connectivity index (χ3n) is 4.76. The Morgan fingerprint density at radius 1 is 1.11 bits per heavy atom. The van der Waals surface area contributed by atoms with Gasteiger partial charge in [0, 0.05) is 17.0 Å². The Hall–Kier alpha value is -2.14. The van der Waals surface area contributed by atoms with E-state index >= 15 is 0 Å². The SMILES string of the molecule is CCC(C)c1ccccc1NC(=O)C(C)Sc1ccc2c(c1)OCCCO2. The zero-order chi connectivity index (χ0) is 19.2. The second kappa shape index (κ2) is 9.18. The summed E-state index contributed by atoms with van der Waals surface area (Å²) in [5.74, 6) is 1.94. The van der Waals surface area contributed by atoms with Crippen LogP contribution in [0.2, 0.25) is 0 Å². The van der Waals surface area contributed by atoms with Crippen molar-refractivity contribution in [2.24, 2.45) is 0 Å². The van der Waals surface area contributed by atoms with E-state index in [-0.39, 0.29) is 11.2 Å². The van der Waals surface area contributed by atoms with Crippen LogP contribution in [0.25, 0.3) is 0 Å². The highest BCUT2D eigenvalue weighted by Crippen LogP contribution is 2.35. The van der Waals surface area contributed by atoms with Gasteiger partial charge in [-0.3, -0.25) is 4.79 Å². The summed E-state index contributed by atoms with van der Waals surface area (Å²) in [6.45, 7) is 7.60. The van der Waals surface area contributed by atoms with Crippen molar-refractivity contribution in [2.75, 3.05) is 18.5 Å². The zero-order valence-electron chi connectivity index (χ0n) is 16.2. The number of anilines is 1. The zero-order valence-corrected chi connectivity index (χ0v) is 17.0. The quantitative estimate of drug-likeness (QED) is 0.669. The number of amides is 1. The Kier molecular flexibility index (Phi) is 6.67. The molecule has 1 aliphatic heterocycles. The van der Waals surface area contributed by atoms with Crippen molar-refractivity contribution < 1.29 is 14.3 Å². The average Bonchev–Trinajstić information content (AvgIpc) is 2.92. The van der Waals surface area contributed by atoms with Crippen molar-refractivity contribution in [1.29, 1.82) is 0 Å². The molecular formula is C22H27NO3S. The Morgan fingerprint density at radius 2 is 1.85 bits per heavy atom. The lowest BCUT2D eigenvalue weighted by atomic mass is 9.97. The molecule has 4 nitrogen and oxygen atoms in total. The van der Waals surface area contributed by atoms with Gasteiger partial charge in [-0.25, -0.2) is 0 Å². The second-order valence-electron chi connectivity index (χ2n) is 6.80. The topological polar surface area (TPSA) is 47.6 Å². The first-order chi connectivity index (χ1) is 13.1. The highest BCUT2D eigenvalue weighted by Gasteiger charge is 2.19. The fraction of sp³-hybridized carbons (Fsp3) is 0.409. The second-order valence-corrected chi connectivity index (χ2v) is 8.22. The van der Waals surface area contributed by atoms with Crippen LogP contribution in [0, 0.1) is 0 Å². The van der Waals surface area contributed by atoms with E-state index in [4.69, 9.17) is 9.47 Å². The first-order valence-electron chi connectivity index (χ1n) is 9.54. The molecule has 144 valence electrons. The molecule has 2 aromatic rings. The molecule has 27 heavy (non-hydrogen) atoms. The fourth-order valence-electron chi connectivity index (χ4n) is 2.97. The predicted octanol–water partition coefficient (Wildman–Crippen LogP) is 5.48. The minimum absolute atomic E-state index is 0.00265. The molecule has 0 aliphatic carbocycles. The molecule has 1 heterocycles. The first-order valence-corrected chi connectivity index (χ1v) is 10.4. The van der Waals surface area contributed by atoms with Crippen molar-refractivity contribution in [3.8, 4) is 11.5 Å². The van der Waals surface area contributed by atoms with Gasteiger partial charge in [-0.05, 0) is 49.1 Å². The van der Waals surface area contributed by atoms with E-state index in [1.807, 2.05) is 43.3 Å². The summed E-state index contributed by atoms with van der Waals surface area (Å²) in [6.07, 6.45) is 1.92. The third kappa shape index (κ3) is 4.98. The van der Waals surface area contributed by atoms with Crippen LogP contribution < -0.4 is 14.8 Å². The van der Waals surface area contributed by atoms with Gasteiger partial charge in [-0.15, -0.1) is 11.8 Å². The van der Waals surface area contributed by atoms with Crippen LogP contribution in [-0.4, -0.2) is 24.4 Å². The van der Waals surface area contributed by atoms with Crippen molar-refractivity contribution in [2.45, 2.75) is 49.7 Å². The molecule has 0 radical (unpaired) electrons. The van der Waals surface area contributed by atoms with Gasteiger partial charge >= 0.3 is 0 Å². The van der Waals surface area contributed by atoms with E-state index < -0.39 is 0 Å². The smallest absolute Gasteiger partial charge is 0.237 e. The standard InChI is InChI=1S/C22H27NO3S/c1-4-15(2)18-8-5-6-9-19(18)23-22(24)16(3)27-17-10-11-20-21(14-17)26-13-7-12-25-20/h5-6,8-11,14-16H,4,7,12-13H2,1-3H3,(H,23,24). The molecule has 0 saturated heterocycles. The Morgan fingerprint density at radius 3 is 2.63 bits per heavy atom. The lowest BCUT2D eigenvalue weighted by molar-refractivity contribution is -0.115. The Bertz CT molecular complexity index is 793. The number of fused-ring (bicyclic) bond motifs is 1. The maximum Gasteiger partial charge on any atom is 0.237 e. The summed E-state index contributed by atoms with van der Waals surface area (Å²) in [5, 5.41) is 2.88. The average molecular weight is 386 g/mol. The highest BCUT2D eigenvalue weighted by molar-refractivity contribution is 8.00. The molecule has 0 aromatic heterocycles. The number of thioether (sulfide) groups is 1. The highest BCUT2D eigenvalue weighted by atomic mass is 32.2. The normalized spacial score (nSPS) is 15.5. The number of ether oxygens (including phenoxy) is 2. The summed E-state index contributed by atoms with van der Waals surface area (Å²) in [4.78, 5) is 13.7. The number of hydrogen-bond acceptors (Lipinski definition) is 4. The van der Waals surface area contributed by atoms with Gasteiger partial charge < -0.3 is 14.8 Å². The van der Waals surface area contributed by atoms with Crippen molar-refractivity contribution in [1.82, 2.24) is 0 Å². The van der Waals surface area contributed by atoms with Crippen LogP contribution >= 0.6 is 11.8 Å². The molecule has 0 spiro atoms. The molecule has 3 rings (SSSR count). The van der Waals surface area contributed by atoms with Crippen molar-refractivity contribution in [3.05, 3.63) is 48.0 Å². The minimum Gasteiger partial charge on any atom is -0.490 e. The lowest BCUT2D eigenvalue weighted by Crippen LogP contribution is -2.23. The molecule has 1 amide bonds. The first kappa shape index (κ1) is 19.6. The van der Waals surface area contributed by atoms with E-state index in [2.05, 4.69) is 25.2 Å². The summed E-state index contributed by atoms with van der Waals surface area (Å²) in [7, 11) is 0. The predicted molar refractivity (Wildman–Crippen MR) is 111 cm³/mol. The minimum atomic E-state index is -0.222. The van der Waals surface area contributed by atoms with Gasteiger partial charge in [0.25, 0.3) is 0 Å². The molecule has 0 saturated carbocycles. The fourth-order valence-corrected chi connectivity index (χ4v) is 3.87. The maximum absolute atomic E-state index is 12.7. The molecular weight excluding hydrogens is 358 g/mol. The number of hydrogen-bond donors (Lipinski definition) is 1. The van der Waals surface area contributed by atoms with E-state index in [9.17, 15) is 4.79 Å². The number of rotatable bonds is 6. The molecule has 1 aliphatic rings. The van der Waals surface area contributed by atoms with E-state index in [1.165, 1.54) is 17.3 Å². The van der Waals surface area contributed by atoms with Gasteiger partial charge in [0.1, 0.15) is 0 Å². The largest absolute Gasteiger partial charge is 0.490 e. The van der Waals surface area contributed by atoms with Gasteiger partial charge in [0.15, 0.2) is 11.5 Å². The van der Waals surface area contributed by atoms with Crippen LogP contribution in [0.5, 0.6) is 11.5 Å². The summed E-state index contributed by atoms with van der Waals surface area (Å²) < 4.78 is 11.4. The van der Waals surface area contributed by atoms with Crippen LogP contribution in [-0.2, 0) is 4.79 Å². The van der Waals surface area contributed by atoms with Gasteiger partial charge in [-0.2, -0.15) is 0 Å². The molecule has 5 heteroatoms. The molecule has 0 bridgehead atoms. The van der Waals surface area contributed by atoms with Gasteiger partial charge in [0.05, 0.1) is 18.5 Å². The van der Waals surface area contributed by atoms with E-state index in [1.54, 1.807) is 0 Å². The number of benzene rings is 2. The van der Waals surface area contributed by atoms with Crippen LogP contribution in [0.4, 0.5) is 5.69 Å². The lowest BCUT2D eigenvalue weighted by Gasteiger charge is -2.18.